The summed E-state index contributed by atoms with van der Waals surface area (Å²) in [6.45, 7) is 5.19. The van der Waals surface area contributed by atoms with E-state index in [1.54, 1.807) is 0 Å². The lowest BCUT2D eigenvalue weighted by molar-refractivity contribution is 0.536. The zero-order chi connectivity index (χ0) is 10.4. The normalized spacial score (nSPS) is 13.1. The molecular weight excluding hydrogens is 194 g/mol. The predicted octanol–water partition coefficient (Wildman–Crippen LogP) is 1.95. The van der Waals surface area contributed by atoms with Crippen LogP contribution in [0.3, 0.4) is 0 Å². The number of H-pyrrole nitrogens is 1. The molecule has 1 aromatic rings. The summed E-state index contributed by atoms with van der Waals surface area (Å²) in [6, 6.07) is 0.580. The smallest absolute Gasteiger partial charge is 0.0535 e. The van der Waals surface area contributed by atoms with E-state index >= 15 is 0 Å². The number of nitrogens with one attached hydrogen (secondary N) is 2. The van der Waals surface area contributed by atoms with Gasteiger partial charge in [-0.05, 0) is 32.3 Å². The minimum Gasteiger partial charge on any atom is -0.310 e. The zero-order valence-corrected chi connectivity index (χ0v) is 9.95. The van der Waals surface area contributed by atoms with Crippen LogP contribution in [0.25, 0.3) is 0 Å². The van der Waals surface area contributed by atoms with Gasteiger partial charge in [-0.2, -0.15) is 16.9 Å². The van der Waals surface area contributed by atoms with Crippen LogP contribution in [-0.4, -0.2) is 28.2 Å². The van der Waals surface area contributed by atoms with Gasteiger partial charge in [0.15, 0.2) is 0 Å². The van der Waals surface area contributed by atoms with E-state index in [9.17, 15) is 0 Å². The van der Waals surface area contributed by atoms with Gasteiger partial charge in [0.25, 0.3) is 0 Å². The average molecular weight is 213 g/mol. The largest absolute Gasteiger partial charge is 0.310 e. The molecule has 0 bridgehead atoms. The second-order valence-corrected chi connectivity index (χ2v) is 4.57. The predicted molar refractivity (Wildman–Crippen MR) is 62.6 cm³/mol. The first-order valence-corrected chi connectivity index (χ1v) is 6.34. The lowest BCUT2D eigenvalue weighted by Gasteiger charge is -2.12. The molecule has 0 aliphatic heterocycles. The number of hydrogen-bond acceptors (Lipinski definition) is 3. The number of hydrogen-bond donors (Lipinski definition) is 2. The summed E-state index contributed by atoms with van der Waals surface area (Å²) in [5.74, 6) is 1.22. The summed E-state index contributed by atoms with van der Waals surface area (Å²) in [6.07, 6.45) is 5.26. The first kappa shape index (κ1) is 11.6. The molecule has 1 heterocycles. The topological polar surface area (TPSA) is 40.7 Å². The van der Waals surface area contributed by atoms with Crippen molar-refractivity contribution in [3.8, 4) is 0 Å². The summed E-state index contributed by atoms with van der Waals surface area (Å²) < 4.78 is 0. The van der Waals surface area contributed by atoms with Crippen molar-refractivity contribution in [1.82, 2.24) is 15.5 Å². The first-order chi connectivity index (χ1) is 6.74. The molecule has 14 heavy (non-hydrogen) atoms. The summed E-state index contributed by atoms with van der Waals surface area (Å²) in [7, 11) is 0. The molecule has 0 saturated carbocycles. The lowest BCUT2D eigenvalue weighted by Crippen LogP contribution is -2.26. The molecule has 0 saturated heterocycles. The van der Waals surface area contributed by atoms with Crippen LogP contribution in [-0.2, 0) is 6.54 Å². The van der Waals surface area contributed by atoms with E-state index < -0.39 is 0 Å². The summed E-state index contributed by atoms with van der Waals surface area (Å²) in [4.78, 5) is 0. The number of aromatic nitrogens is 2. The molecule has 0 aliphatic carbocycles. The maximum absolute atomic E-state index is 3.99. The Balaban J connectivity index is 2.23. The van der Waals surface area contributed by atoms with Gasteiger partial charge in [-0.1, -0.05) is 0 Å². The van der Waals surface area contributed by atoms with E-state index in [0.717, 1.165) is 12.2 Å². The first-order valence-electron chi connectivity index (χ1n) is 4.95. The minimum absolute atomic E-state index is 0.580. The van der Waals surface area contributed by atoms with Crippen LogP contribution in [0.15, 0.2) is 6.20 Å². The van der Waals surface area contributed by atoms with E-state index in [-0.39, 0.29) is 0 Å². The van der Waals surface area contributed by atoms with Crippen molar-refractivity contribution in [3.63, 3.8) is 0 Å². The Hall–Kier alpha value is -0.480. The van der Waals surface area contributed by atoms with Crippen LogP contribution in [0.2, 0.25) is 0 Å². The quantitative estimate of drug-likeness (QED) is 0.759. The minimum atomic E-state index is 0.580. The molecule has 0 aromatic carbocycles. The summed E-state index contributed by atoms with van der Waals surface area (Å²) in [5, 5.41) is 10.4. The fourth-order valence-electron chi connectivity index (χ4n) is 1.23. The van der Waals surface area contributed by atoms with Crippen molar-refractivity contribution in [2.24, 2.45) is 0 Å². The highest BCUT2D eigenvalue weighted by Crippen LogP contribution is 2.04. The van der Waals surface area contributed by atoms with Crippen molar-refractivity contribution in [2.75, 3.05) is 12.0 Å². The summed E-state index contributed by atoms with van der Waals surface area (Å²) in [5.41, 5.74) is 2.43. The Morgan fingerprint density at radius 3 is 3.00 bits per heavy atom. The SMILES string of the molecule is CSCCC(C)NCc1cn[nH]c1C. The Bertz CT molecular complexity index is 260. The molecule has 0 spiro atoms. The van der Waals surface area contributed by atoms with Crippen LogP contribution in [0.1, 0.15) is 24.6 Å². The van der Waals surface area contributed by atoms with Gasteiger partial charge in [0.05, 0.1) is 6.20 Å². The number of thioether (sulfide) groups is 1. The Kier molecular flexibility index (Phi) is 5.04. The van der Waals surface area contributed by atoms with Crippen molar-refractivity contribution in [1.29, 1.82) is 0 Å². The number of nitrogens with zero attached hydrogens (tertiary/aromatic N) is 1. The molecule has 0 fully saturated rings. The van der Waals surface area contributed by atoms with Gasteiger partial charge in [-0.3, -0.25) is 5.10 Å². The molecule has 4 heteroatoms. The molecule has 0 aliphatic rings. The zero-order valence-electron chi connectivity index (χ0n) is 9.13. The molecule has 1 rings (SSSR count). The lowest BCUT2D eigenvalue weighted by atomic mass is 10.2. The second kappa shape index (κ2) is 6.09. The number of rotatable bonds is 6. The highest BCUT2D eigenvalue weighted by Gasteiger charge is 2.03. The average Bonchev–Trinajstić information content (AvgIpc) is 2.58. The van der Waals surface area contributed by atoms with E-state index in [2.05, 4.69) is 35.6 Å². The van der Waals surface area contributed by atoms with Crippen molar-refractivity contribution in [3.05, 3.63) is 17.5 Å². The van der Waals surface area contributed by atoms with Crippen LogP contribution in [0, 0.1) is 6.92 Å². The Morgan fingerprint density at radius 2 is 2.43 bits per heavy atom. The number of aryl methyl sites for hydroxylation is 1. The van der Waals surface area contributed by atoms with Crippen molar-refractivity contribution < 1.29 is 0 Å². The Labute approximate surface area is 90.1 Å². The highest BCUT2D eigenvalue weighted by molar-refractivity contribution is 7.98. The third-order valence-corrected chi connectivity index (χ3v) is 2.97. The van der Waals surface area contributed by atoms with Crippen LogP contribution >= 0.6 is 11.8 Å². The Morgan fingerprint density at radius 1 is 1.64 bits per heavy atom. The maximum atomic E-state index is 3.99. The molecular formula is C10H19N3S. The molecule has 2 N–H and O–H groups in total. The molecule has 0 radical (unpaired) electrons. The van der Waals surface area contributed by atoms with Gasteiger partial charge >= 0.3 is 0 Å². The highest BCUT2D eigenvalue weighted by atomic mass is 32.2. The molecule has 1 atom stereocenters. The monoisotopic (exact) mass is 213 g/mol. The van der Waals surface area contributed by atoms with E-state index in [0.29, 0.717) is 6.04 Å². The van der Waals surface area contributed by atoms with Crippen molar-refractivity contribution in [2.45, 2.75) is 32.9 Å². The standard InChI is InChI=1S/C10H19N3S/c1-8(4-5-14-3)11-6-10-7-12-13-9(10)2/h7-8,11H,4-6H2,1-3H3,(H,12,13). The van der Waals surface area contributed by atoms with E-state index in [1.807, 2.05) is 18.0 Å². The molecule has 3 nitrogen and oxygen atoms in total. The molecule has 1 unspecified atom stereocenters. The van der Waals surface area contributed by atoms with E-state index in [4.69, 9.17) is 0 Å². The third kappa shape index (κ3) is 3.72. The number of aromatic amines is 1. The fourth-order valence-corrected chi connectivity index (χ4v) is 1.82. The van der Waals surface area contributed by atoms with Gasteiger partial charge in [0, 0.05) is 23.8 Å². The van der Waals surface area contributed by atoms with Gasteiger partial charge in [0.1, 0.15) is 0 Å². The van der Waals surface area contributed by atoms with Gasteiger partial charge in [-0.25, -0.2) is 0 Å². The molecule has 1 aromatic heterocycles. The van der Waals surface area contributed by atoms with Crippen LogP contribution in [0.5, 0.6) is 0 Å². The molecule has 0 amide bonds. The molecule has 80 valence electrons. The summed E-state index contributed by atoms with van der Waals surface area (Å²) >= 11 is 1.90. The van der Waals surface area contributed by atoms with Crippen LogP contribution < -0.4 is 5.32 Å². The maximum Gasteiger partial charge on any atom is 0.0535 e. The van der Waals surface area contributed by atoms with Crippen LogP contribution in [0.4, 0.5) is 0 Å². The van der Waals surface area contributed by atoms with E-state index in [1.165, 1.54) is 17.7 Å². The van der Waals surface area contributed by atoms with Gasteiger partial charge < -0.3 is 5.32 Å². The van der Waals surface area contributed by atoms with Gasteiger partial charge in [0.2, 0.25) is 0 Å². The second-order valence-electron chi connectivity index (χ2n) is 3.58. The van der Waals surface area contributed by atoms with Gasteiger partial charge in [-0.15, -0.1) is 0 Å². The van der Waals surface area contributed by atoms with Crippen molar-refractivity contribution >= 4 is 11.8 Å². The third-order valence-electron chi connectivity index (χ3n) is 2.33. The fraction of sp³-hybridized carbons (Fsp3) is 0.700.